The second-order valence-corrected chi connectivity index (χ2v) is 9.07. The summed E-state index contributed by atoms with van der Waals surface area (Å²) in [6, 6.07) is 5.10. The molecule has 0 radical (unpaired) electrons. The number of allylic oxidation sites excluding steroid dienone is 1. The van der Waals surface area contributed by atoms with Crippen molar-refractivity contribution in [3.05, 3.63) is 45.7 Å². The highest BCUT2D eigenvalue weighted by Crippen LogP contribution is 2.33. The quantitative estimate of drug-likeness (QED) is 0.451. The Kier molecular flexibility index (Phi) is 5.83. The zero-order chi connectivity index (χ0) is 19.6. The summed E-state index contributed by atoms with van der Waals surface area (Å²) >= 11 is 0. The van der Waals surface area contributed by atoms with Gasteiger partial charge >= 0.3 is 0 Å². The number of benzene rings is 1. The van der Waals surface area contributed by atoms with E-state index >= 15 is 0 Å². The molecule has 1 N–H and O–H groups in total. The number of piperidine rings is 1. The standard InChI is InChI=1S/C18H25N3O5S/c1-19-11-9-15(10-12-19)20(13-17(22)14-5-4-6-14)27(25,26)18-8-3-2-7-16(18)21(23)24/h2-3,7-8,15,22H,4-6,9-13H2,1H3. The smallest absolute Gasteiger partial charge is 0.289 e. The van der Waals surface area contributed by atoms with E-state index < -0.39 is 20.6 Å². The third-order valence-electron chi connectivity index (χ3n) is 5.41. The van der Waals surface area contributed by atoms with Crippen LogP contribution in [0.25, 0.3) is 0 Å². The molecule has 0 spiro atoms. The average molecular weight is 395 g/mol. The van der Waals surface area contributed by atoms with Gasteiger partial charge in [-0.3, -0.25) is 10.1 Å². The van der Waals surface area contributed by atoms with Gasteiger partial charge in [0.05, 0.1) is 11.5 Å². The summed E-state index contributed by atoms with van der Waals surface area (Å²) < 4.78 is 28.0. The second kappa shape index (κ2) is 7.95. The topological polar surface area (TPSA) is 104 Å². The van der Waals surface area contributed by atoms with Crippen molar-refractivity contribution in [1.29, 1.82) is 0 Å². The molecule has 0 aromatic heterocycles. The van der Waals surface area contributed by atoms with Crippen LogP contribution in [-0.2, 0) is 10.0 Å². The number of nitro groups is 1. The van der Waals surface area contributed by atoms with Gasteiger partial charge in [-0.1, -0.05) is 12.1 Å². The van der Waals surface area contributed by atoms with E-state index in [4.69, 9.17) is 0 Å². The number of nitro benzene ring substituents is 1. The maximum atomic E-state index is 13.4. The van der Waals surface area contributed by atoms with Crippen LogP contribution in [0.1, 0.15) is 32.1 Å². The molecule has 0 amide bonds. The Morgan fingerprint density at radius 2 is 1.93 bits per heavy atom. The first-order valence-electron chi connectivity index (χ1n) is 9.14. The predicted molar refractivity (Wildman–Crippen MR) is 101 cm³/mol. The number of aliphatic hydroxyl groups excluding tert-OH is 1. The van der Waals surface area contributed by atoms with Gasteiger partial charge in [0.15, 0.2) is 4.90 Å². The van der Waals surface area contributed by atoms with E-state index in [9.17, 15) is 23.6 Å². The molecule has 1 heterocycles. The van der Waals surface area contributed by atoms with Crippen molar-refractivity contribution >= 4 is 15.7 Å². The largest absolute Gasteiger partial charge is 0.511 e. The van der Waals surface area contributed by atoms with Crippen molar-refractivity contribution in [2.45, 2.75) is 43.0 Å². The maximum Gasteiger partial charge on any atom is 0.289 e. The molecule has 3 rings (SSSR count). The fraction of sp³-hybridized carbons (Fsp3) is 0.556. The number of aliphatic hydroxyl groups is 1. The number of sulfonamides is 1. The van der Waals surface area contributed by atoms with Gasteiger partial charge in [-0.05, 0) is 63.9 Å². The second-order valence-electron chi connectivity index (χ2n) is 7.21. The summed E-state index contributed by atoms with van der Waals surface area (Å²) in [5, 5.41) is 21.8. The molecule has 1 saturated heterocycles. The highest BCUT2D eigenvalue weighted by atomic mass is 32.2. The van der Waals surface area contributed by atoms with Crippen molar-refractivity contribution in [1.82, 2.24) is 9.21 Å². The van der Waals surface area contributed by atoms with Crippen LogP contribution in [0.5, 0.6) is 0 Å². The molecule has 1 aromatic carbocycles. The Labute approximate surface area is 159 Å². The van der Waals surface area contributed by atoms with Crippen LogP contribution < -0.4 is 0 Å². The Balaban J connectivity index is 1.99. The highest BCUT2D eigenvalue weighted by molar-refractivity contribution is 7.89. The van der Waals surface area contributed by atoms with Crippen molar-refractivity contribution < 1.29 is 18.4 Å². The molecular formula is C18H25N3O5S. The normalized spacial score (nSPS) is 19.1. The summed E-state index contributed by atoms with van der Waals surface area (Å²) in [5.41, 5.74) is 0.442. The van der Waals surface area contributed by atoms with Crippen LogP contribution >= 0.6 is 0 Å². The molecule has 1 aromatic rings. The van der Waals surface area contributed by atoms with Crippen LogP contribution in [0.3, 0.4) is 0 Å². The minimum atomic E-state index is -4.13. The number of rotatable bonds is 6. The third-order valence-corrected chi connectivity index (χ3v) is 7.36. The number of hydrogen-bond donors (Lipinski definition) is 1. The van der Waals surface area contributed by atoms with Gasteiger partial charge < -0.3 is 10.0 Å². The summed E-state index contributed by atoms with van der Waals surface area (Å²) in [5.74, 6) is 0.0855. The fourth-order valence-electron chi connectivity index (χ4n) is 3.55. The molecule has 9 heteroatoms. The van der Waals surface area contributed by atoms with Crippen molar-refractivity contribution in [2.24, 2.45) is 0 Å². The van der Waals surface area contributed by atoms with Crippen molar-refractivity contribution in [3.8, 4) is 0 Å². The number of hydrogen-bond acceptors (Lipinski definition) is 6. The lowest BCUT2D eigenvalue weighted by atomic mass is 9.91. The molecule has 1 saturated carbocycles. The molecule has 0 unspecified atom stereocenters. The Morgan fingerprint density at radius 1 is 1.30 bits per heavy atom. The molecule has 8 nitrogen and oxygen atoms in total. The van der Waals surface area contributed by atoms with Crippen LogP contribution in [0.2, 0.25) is 0 Å². The first-order chi connectivity index (χ1) is 12.8. The number of para-hydroxylation sites is 1. The van der Waals surface area contributed by atoms with E-state index in [0.717, 1.165) is 37.9 Å². The first-order valence-corrected chi connectivity index (χ1v) is 10.6. The molecule has 1 aliphatic heterocycles. The minimum absolute atomic E-state index is 0.0855. The van der Waals surface area contributed by atoms with E-state index in [-0.39, 0.29) is 23.2 Å². The molecular weight excluding hydrogens is 370 g/mol. The predicted octanol–water partition coefficient (Wildman–Crippen LogP) is 2.68. The summed E-state index contributed by atoms with van der Waals surface area (Å²) in [4.78, 5) is 12.5. The van der Waals surface area contributed by atoms with Gasteiger partial charge in [-0.25, -0.2) is 8.42 Å². The monoisotopic (exact) mass is 395 g/mol. The van der Waals surface area contributed by atoms with Gasteiger partial charge in [-0.15, -0.1) is 0 Å². The van der Waals surface area contributed by atoms with Crippen LogP contribution in [0.4, 0.5) is 5.69 Å². The molecule has 0 bridgehead atoms. The molecule has 148 valence electrons. The van der Waals surface area contributed by atoms with Crippen molar-refractivity contribution in [3.63, 3.8) is 0 Å². The summed E-state index contributed by atoms with van der Waals surface area (Å²) in [7, 11) is -2.15. The van der Waals surface area contributed by atoms with Gasteiger partial charge in [0, 0.05) is 12.1 Å². The lowest BCUT2D eigenvalue weighted by molar-refractivity contribution is -0.387. The lowest BCUT2D eigenvalue weighted by Crippen LogP contribution is -2.47. The lowest BCUT2D eigenvalue weighted by Gasteiger charge is -2.36. The Bertz CT molecular complexity index is 838. The van der Waals surface area contributed by atoms with Crippen LogP contribution in [-0.4, -0.2) is 60.4 Å². The molecule has 2 aliphatic rings. The van der Waals surface area contributed by atoms with E-state index in [1.165, 1.54) is 28.6 Å². The molecule has 0 atom stereocenters. The zero-order valence-electron chi connectivity index (χ0n) is 15.4. The number of nitrogens with zero attached hydrogens (tertiary/aromatic N) is 3. The minimum Gasteiger partial charge on any atom is -0.511 e. The van der Waals surface area contributed by atoms with E-state index in [1.807, 2.05) is 7.05 Å². The SMILES string of the molecule is CN1CCC(N(CC(O)=C2CCC2)S(=O)(=O)c2ccccc2[N+](=O)[O-])CC1. The van der Waals surface area contributed by atoms with Gasteiger partial charge in [0.1, 0.15) is 5.76 Å². The molecule has 2 fully saturated rings. The fourth-order valence-corrected chi connectivity index (χ4v) is 5.35. The Hall–Kier alpha value is -1.97. The Morgan fingerprint density at radius 3 is 2.48 bits per heavy atom. The molecule has 1 aliphatic carbocycles. The zero-order valence-corrected chi connectivity index (χ0v) is 16.2. The number of likely N-dealkylation sites (tertiary alicyclic amines) is 1. The third kappa shape index (κ3) is 4.15. The highest BCUT2D eigenvalue weighted by Gasteiger charge is 2.38. The summed E-state index contributed by atoms with van der Waals surface area (Å²) in [6.45, 7) is 1.36. The molecule has 27 heavy (non-hydrogen) atoms. The van der Waals surface area contributed by atoms with E-state index in [2.05, 4.69) is 4.90 Å². The van der Waals surface area contributed by atoms with Crippen molar-refractivity contribution in [2.75, 3.05) is 26.7 Å². The van der Waals surface area contributed by atoms with Gasteiger partial charge in [0.2, 0.25) is 0 Å². The van der Waals surface area contributed by atoms with Crippen LogP contribution in [0, 0.1) is 10.1 Å². The first kappa shape index (κ1) is 19.8. The van der Waals surface area contributed by atoms with E-state index in [0.29, 0.717) is 12.8 Å². The van der Waals surface area contributed by atoms with Crippen LogP contribution in [0.15, 0.2) is 40.5 Å². The van der Waals surface area contributed by atoms with Gasteiger partial charge in [0.25, 0.3) is 15.7 Å². The van der Waals surface area contributed by atoms with Gasteiger partial charge in [-0.2, -0.15) is 4.31 Å². The average Bonchev–Trinajstić information content (AvgIpc) is 2.59. The maximum absolute atomic E-state index is 13.4. The van der Waals surface area contributed by atoms with E-state index in [1.54, 1.807) is 0 Å². The summed E-state index contributed by atoms with van der Waals surface area (Å²) in [6.07, 6.45) is 3.79.